The number of nitrogens with one attached hydrogen (secondary N) is 1. The first-order valence-electron chi connectivity index (χ1n) is 6.58. The Kier molecular flexibility index (Phi) is 6.17. The minimum atomic E-state index is 0.461. The summed E-state index contributed by atoms with van der Waals surface area (Å²) >= 11 is 0. The van der Waals surface area contributed by atoms with Crippen LogP contribution >= 0.6 is 0 Å². The van der Waals surface area contributed by atoms with Crippen LogP contribution in [-0.2, 0) is 0 Å². The molecular formula is C15H25N. The lowest BCUT2D eigenvalue weighted by atomic mass is 10.0. The summed E-state index contributed by atoms with van der Waals surface area (Å²) < 4.78 is 0. The van der Waals surface area contributed by atoms with Crippen molar-refractivity contribution in [2.75, 3.05) is 0 Å². The first-order valence-corrected chi connectivity index (χ1v) is 6.58. The van der Waals surface area contributed by atoms with Crippen molar-refractivity contribution >= 4 is 0 Å². The van der Waals surface area contributed by atoms with Crippen LogP contribution in [0.1, 0.15) is 58.1 Å². The molecule has 0 saturated heterocycles. The molecule has 0 saturated carbocycles. The van der Waals surface area contributed by atoms with Crippen LogP contribution in [0.15, 0.2) is 30.3 Å². The second-order valence-corrected chi connectivity index (χ2v) is 4.55. The van der Waals surface area contributed by atoms with Gasteiger partial charge in [-0.3, -0.25) is 0 Å². The van der Waals surface area contributed by atoms with Gasteiger partial charge in [0.2, 0.25) is 0 Å². The minimum absolute atomic E-state index is 0.461. The Labute approximate surface area is 100 Å². The van der Waals surface area contributed by atoms with Gasteiger partial charge < -0.3 is 5.32 Å². The average Bonchev–Trinajstić information content (AvgIpc) is 2.35. The van der Waals surface area contributed by atoms with Crippen LogP contribution in [0.5, 0.6) is 0 Å². The summed E-state index contributed by atoms with van der Waals surface area (Å²) in [6.45, 7) is 6.78. The zero-order valence-electron chi connectivity index (χ0n) is 10.9. The molecule has 0 bridgehead atoms. The third-order valence-electron chi connectivity index (χ3n) is 3.18. The highest BCUT2D eigenvalue weighted by Crippen LogP contribution is 2.15. The molecule has 90 valence electrons. The third-order valence-corrected chi connectivity index (χ3v) is 3.18. The monoisotopic (exact) mass is 219 g/mol. The lowest BCUT2D eigenvalue weighted by molar-refractivity contribution is 0.410. The zero-order chi connectivity index (χ0) is 11.8. The molecule has 16 heavy (non-hydrogen) atoms. The summed E-state index contributed by atoms with van der Waals surface area (Å²) in [6.07, 6.45) is 5.13. The molecule has 1 nitrogen and oxygen atoms in total. The third kappa shape index (κ3) is 4.36. The molecule has 1 N–H and O–H groups in total. The molecule has 1 aromatic carbocycles. The van der Waals surface area contributed by atoms with Crippen molar-refractivity contribution in [2.24, 2.45) is 0 Å². The molecule has 1 aromatic rings. The molecule has 0 spiro atoms. The topological polar surface area (TPSA) is 12.0 Å². The molecule has 1 heteroatoms. The molecule has 0 aliphatic carbocycles. The molecule has 2 atom stereocenters. The van der Waals surface area contributed by atoms with Gasteiger partial charge in [0.15, 0.2) is 0 Å². The Morgan fingerprint density at radius 1 is 1.12 bits per heavy atom. The Hall–Kier alpha value is -0.820. The van der Waals surface area contributed by atoms with E-state index in [1.807, 2.05) is 0 Å². The van der Waals surface area contributed by atoms with Crippen molar-refractivity contribution in [3.63, 3.8) is 0 Å². The Bertz CT molecular complexity index is 268. The van der Waals surface area contributed by atoms with Gasteiger partial charge in [-0.15, -0.1) is 0 Å². The van der Waals surface area contributed by atoms with Crippen LogP contribution < -0.4 is 5.32 Å². The summed E-state index contributed by atoms with van der Waals surface area (Å²) in [5.74, 6) is 0. The van der Waals surface area contributed by atoms with Crippen LogP contribution in [0.25, 0.3) is 0 Å². The normalized spacial score (nSPS) is 14.7. The highest BCUT2D eigenvalue weighted by Gasteiger charge is 2.10. The van der Waals surface area contributed by atoms with E-state index in [9.17, 15) is 0 Å². The van der Waals surface area contributed by atoms with Gasteiger partial charge in [0.25, 0.3) is 0 Å². The van der Waals surface area contributed by atoms with Gasteiger partial charge in [0.05, 0.1) is 0 Å². The standard InChI is InChI=1S/C15H25N/c1-4-6-12-15(5-2)16-13(3)14-10-8-7-9-11-14/h7-11,13,15-16H,4-6,12H2,1-3H3/t13-,15?/m0/s1. The summed E-state index contributed by atoms with van der Waals surface area (Å²) in [5, 5.41) is 3.72. The van der Waals surface area contributed by atoms with Crippen LogP contribution in [-0.4, -0.2) is 6.04 Å². The molecular weight excluding hydrogens is 194 g/mol. The Balaban J connectivity index is 2.45. The van der Waals surface area contributed by atoms with E-state index in [0.29, 0.717) is 12.1 Å². The maximum Gasteiger partial charge on any atom is 0.0294 e. The maximum absolute atomic E-state index is 3.72. The smallest absolute Gasteiger partial charge is 0.0294 e. The minimum Gasteiger partial charge on any atom is -0.307 e. The van der Waals surface area contributed by atoms with E-state index in [2.05, 4.69) is 56.4 Å². The van der Waals surface area contributed by atoms with Crippen molar-refractivity contribution in [1.82, 2.24) is 5.32 Å². The van der Waals surface area contributed by atoms with E-state index in [0.717, 1.165) is 0 Å². The van der Waals surface area contributed by atoms with Gasteiger partial charge in [0.1, 0.15) is 0 Å². The molecule has 1 rings (SSSR count). The predicted molar refractivity (Wildman–Crippen MR) is 71.6 cm³/mol. The van der Waals surface area contributed by atoms with Crippen molar-refractivity contribution in [3.05, 3.63) is 35.9 Å². The van der Waals surface area contributed by atoms with E-state index in [-0.39, 0.29) is 0 Å². The van der Waals surface area contributed by atoms with E-state index in [1.54, 1.807) is 0 Å². The highest BCUT2D eigenvalue weighted by atomic mass is 14.9. The SMILES string of the molecule is CCCCC(CC)N[C@@H](C)c1ccccc1. The quantitative estimate of drug-likeness (QED) is 0.720. The van der Waals surface area contributed by atoms with Gasteiger partial charge >= 0.3 is 0 Å². The molecule has 0 aliphatic rings. The van der Waals surface area contributed by atoms with E-state index < -0.39 is 0 Å². The lowest BCUT2D eigenvalue weighted by Gasteiger charge is -2.22. The van der Waals surface area contributed by atoms with Crippen molar-refractivity contribution < 1.29 is 0 Å². The van der Waals surface area contributed by atoms with Crippen molar-refractivity contribution in [2.45, 2.75) is 58.5 Å². The van der Waals surface area contributed by atoms with Crippen LogP contribution in [0, 0.1) is 0 Å². The van der Waals surface area contributed by atoms with Crippen LogP contribution in [0.2, 0.25) is 0 Å². The Morgan fingerprint density at radius 2 is 1.81 bits per heavy atom. The number of unbranched alkanes of at least 4 members (excludes halogenated alkanes) is 1. The number of benzene rings is 1. The predicted octanol–water partition coefficient (Wildman–Crippen LogP) is 4.31. The van der Waals surface area contributed by atoms with Gasteiger partial charge in [-0.05, 0) is 25.3 Å². The second-order valence-electron chi connectivity index (χ2n) is 4.55. The molecule has 1 unspecified atom stereocenters. The van der Waals surface area contributed by atoms with Gasteiger partial charge in [0, 0.05) is 12.1 Å². The largest absolute Gasteiger partial charge is 0.307 e. The summed E-state index contributed by atoms with van der Waals surface area (Å²) in [6, 6.07) is 11.8. The number of hydrogen-bond donors (Lipinski definition) is 1. The number of hydrogen-bond acceptors (Lipinski definition) is 1. The van der Waals surface area contributed by atoms with Gasteiger partial charge in [-0.2, -0.15) is 0 Å². The molecule has 0 radical (unpaired) electrons. The van der Waals surface area contributed by atoms with Crippen molar-refractivity contribution in [1.29, 1.82) is 0 Å². The fourth-order valence-electron chi connectivity index (χ4n) is 2.05. The summed E-state index contributed by atoms with van der Waals surface area (Å²) in [4.78, 5) is 0. The summed E-state index contributed by atoms with van der Waals surface area (Å²) in [5.41, 5.74) is 1.39. The number of rotatable bonds is 7. The van der Waals surface area contributed by atoms with Crippen LogP contribution in [0.3, 0.4) is 0 Å². The fraction of sp³-hybridized carbons (Fsp3) is 0.600. The zero-order valence-corrected chi connectivity index (χ0v) is 10.9. The molecule has 0 heterocycles. The lowest BCUT2D eigenvalue weighted by Crippen LogP contribution is -2.30. The van der Waals surface area contributed by atoms with Gasteiger partial charge in [-0.1, -0.05) is 57.0 Å². The highest BCUT2D eigenvalue weighted by molar-refractivity contribution is 5.18. The van der Waals surface area contributed by atoms with E-state index in [1.165, 1.54) is 31.2 Å². The fourth-order valence-corrected chi connectivity index (χ4v) is 2.05. The average molecular weight is 219 g/mol. The molecule has 0 aromatic heterocycles. The van der Waals surface area contributed by atoms with Crippen molar-refractivity contribution in [3.8, 4) is 0 Å². The van der Waals surface area contributed by atoms with Crippen LogP contribution in [0.4, 0.5) is 0 Å². The second kappa shape index (κ2) is 7.45. The molecule has 0 aliphatic heterocycles. The molecule has 0 amide bonds. The maximum atomic E-state index is 3.72. The van der Waals surface area contributed by atoms with E-state index >= 15 is 0 Å². The molecule has 0 fully saturated rings. The first-order chi connectivity index (χ1) is 7.77. The summed E-state index contributed by atoms with van der Waals surface area (Å²) in [7, 11) is 0. The van der Waals surface area contributed by atoms with E-state index in [4.69, 9.17) is 0 Å². The first kappa shape index (κ1) is 13.2. The van der Waals surface area contributed by atoms with Gasteiger partial charge in [-0.25, -0.2) is 0 Å². The Morgan fingerprint density at radius 3 is 2.38 bits per heavy atom.